The minimum absolute atomic E-state index is 0. The standard InChI is InChI=1S/C14H20N6.ClH/c15-12-11-9-4-5-16-8-10(9)14(17-13(11)19-18-12)20-6-2-1-3-7-20;/h16H,1-8H2,(H3,15,17,18,19);1H. The summed E-state index contributed by atoms with van der Waals surface area (Å²) in [5, 5.41) is 11.6. The highest BCUT2D eigenvalue weighted by molar-refractivity contribution is 5.92. The van der Waals surface area contributed by atoms with Crippen molar-refractivity contribution in [2.45, 2.75) is 32.2 Å². The van der Waals surface area contributed by atoms with E-state index in [4.69, 9.17) is 10.7 Å². The highest BCUT2D eigenvalue weighted by Gasteiger charge is 2.24. The lowest BCUT2D eigenvalue weighted by molar-refractivity contribution is 0.566. The van der Waals surface area contributed by atoms with Crippen LogP contribution in [0.4, 0.5) is 11.6 Å². The molecule has 0 aromatic carbocycles. The van der Waals surface area contributed by atoms with Gasteiger partial charge in [0.25, 0.3) is 0 Å². The number of halogens is 1. The van der Waals surface area contributed by atoms with E-state index in [1.165, 1.54) is 30.4 Å². The number of H-pyrrole nitrogens is 1. The predicted molar refractivity (Wildman–Crippen MR) is 87.0 cm³/mol. The Morgan fingerprint density at radius 2 is 1.90 bits per heavy atom. The molecule has 1 saturated heterocycles. The Labute approximate surface area is 129 Å². The zero-order chi connectivity index (χ0) is 13.5. The number of pyridine rings is 1. The summed E-state index contributed by atoms with van der Waals surface area (Å²) >= 11 is 0. The number of aromatic nitrogens is 3. The fraction of sp³-hybridized carbons (Fsp3) is 0.571. The molecule has 21 heavy (non-hydrogen) atoms. The van der Waals surface area contributed by atoms with E-state index < -0.39 is 0 Å². The molecule has 0 unspecified atom stereocenters. The quantitative estimate of drug-likeness (QED) is 0.745. The zero-order valence-corrected chi connectivity index (χ0v) is 12.8. The van der Waals surface area contributed by atoms with Crippen LogP contribution >= 0.6 is 12.4 Å². The highest BCUT2D eigenvalue weighted by atomic mass is 35.5. The number of rotatable bonds is 1. The monoisotopic (exact) mass is 308 g/mol. The predicted octanol–water partition coefficient (Wildman–Crippen LogP) is 1.60. The number of fused-ring (bicyclic) bond motifs is 3. The van der Waals surface area contributed by atoms with Gasteiger partial charge in [0.1, 0.15) is 11.6 Å². The summed E-state index contributed by atoms with van der Waals surface area (Å²) in [6, 6.07) is 0. The van der Waals surface area contributed by atoms with Gasteiger partial charge >= 0.3 is 0 Å². The molecule has 4 heterocycles. The third kappa shape index (κ3) is 2.32. The molecule has 6 nitrogen and oxygen atoms in total. The Morgan fingerprint density at radius 3 is 2.71 bits per heavy atom. The number of nitrogen functional groups attached to an aromatic ring is 1. The van der Waals surface area contributed by atoms with E-state index >= 15 is 0 Å². The summed E-state index contributed by atoms with van der Waals surface area (Å²) in [6.07, 6.45) is 4.84. The largest absolute Gasteiger partial charge is 0.384 e. The van der Waals surface area contributed by atoms with E-state index in [9.17, 15) is 0 Å². The molecule has 2 aromatic rings. The number of nitrogens with two attached hydrogens (primary N) is 1. The second-order valence-electron chi connectivity index (χ2n) is 5.70. The molecule has 0 aliphatic carbocycles. The Hall–Kier alpha value is -1.53. The maximum Gasteiger partial charge on any atom is 0.185 e. The maximum absolute atomic E-state index is 6.04. The summed E-state index contributed by atoms with van der Waals surface area (Å²) < 4.78 is 0. The van der Waals surface area contributed by atoms with Crippen LogP contribution in [0.15, 0.2) is 0 Å². The molecule has 114 valence electrons. The molecule has 1 fully saturated rings. The molecule has 2 aliphatic rings. The van der Waals surface area contributed by atoms with Crippen molar-refractivity contribution in [1.29, 1.82) is 0 Å². The molecule has 4 rings (SSSR count). The number of nitrogens with zero attached hydrogens (tertiary/aromatic N) is 3. The van der Waals surface area contributed by atoms with E-state index in [0.29, 0.717) is 5.82 Å². The molecular formula is C14H21ClN6. The van der Waals surface area contributed by atoms with Crippen LogP contribution in [0.2, 0.25) is 0 Å². The van der Waals surface area contributed by atoms with Crippen molar-refractivity contribution >= 4 is 35.1 Å². The second kappa shape index (κ2) is 5.69. The maximum atomic E-state index is 6.04. The van der Waals surface area contributed by atoms with Crippen LogP contribution in [0, 0.1) is 0 Å². The lowest BCUT2D eigenvalue weighted by atomic mass is 9.97. The van der Waals surface area contributed by atoms with Gasteiger partial charge in [0.2, 0.25) is 0 Å². The van der Waals surface area contributed by atoms with Crippen LogP contribution < -0.4 is 16.0 Å². The van der Waals surface area contributed by atoms with Gasteiger partial charge in [-0.1, -0.05) is 0 Å². The van der Waals surface area contributed by atoms with Crippen molar-refractivity contribution in [3.05, 3.63) is 11.1 Å². The average Bonchev–Trinajstić information content (AvgIpc) is 2.89. The van der Waals surface area contributed by atoms with Crippen molar-refractivity contribution < 1.29 is 0 Å². The lowest BCUT2D eigenvalue weighted by Gasteiger charge is -2.31. The SMILES string of the molecule is Cl.Nc1[nH]nc2nc(N3CCCCC3)c3c(c12)CCNC3. The number of hydrogen-bond donors (Lipinski definition) is 3. The number of aromatic amines is 1. The average molecular weight is 309 g/mol. The van der Waals surface area contributed by atoms with Gasteiger partial charge in [0.15, 0.2) is 5.65 Å². The minimum Gasteiger partial charge on any atom is -0.384 e. The molecule has 4 N–H and O–H groups in total. The van der Waals surface area contributed by atoms with E-state index in [2.05, 4.69) is 20.4 Å². The first-order valence-electron chi connectivity index (χ1n) is 7.45. The summed E-state index contributed by atoms with van der Waals surface area (Å²) in [5.74, 6) is 1.77. The minimum atomic E-state index is 0. The smallest absolute Gasteiger partial charge is 0.185 e. The van der Waals surface area contributed by atoms with Crippen LogP contribution in [-0.2, 0) is 13.0 Å². The Bertz CT molecular complexity index is 646. The van der Waals surface area contributed by atoms with E-state index in [0.717, 1.165) is 49.5 Å². The number of piperidine rings is 1. The van der Waals surface area contributed by atoms with Crippen molar-refractivity contribution in [3.63, 3.8) is 0 Å². The Balaban J connectivity index is 0.00000132. The fourth-order valence-electron chi connectivity index (χ4n) is 3.43. The van der Waals surface area contributed by atoms with Crippen LogP contribution in [0.25, 0.3) is 11.0 Å². The van der Waals surface area contributed by atoms with Crippen molar-refractivity contribution in [2.75, 3.05) is 30.3 Å². The van der Waals surface area contributed by atoms with Gasteiger partial charge < -0.3 is 16.0 Å². The van der Waals surface area contributed by atoms with Crippen molar-refractivity contribution in [3.8, 4) is 0 Å². The van der Waals surface area contributed by atoms with Gasteiger partial charge in [0, 0.05) is 25.2 Å². The fourth-order valence-corrected chi connectivity index (χ4v) is 3.43. The van der Waals surface area contributed by atoms with Gasteiger partial charge in [-0.3, -0.25) is 5.10 Å². The summed E-state index contributed by atoms with van der Waals surface area (Å²) in [4.78, 5) is 7.21. The third-order valence-corrected chi connectivity index (χ3v) is 4.43. The number of anilines is 2. The van der Waals surface area contributed by atoms with Gasteiger partial charge in [-0.25, -0.2) is 4.98 Å². The molecule has 0 radical (unpaired) electrons. The van der Waals surface area contributed by atoms with Gasteiger partial charge in [-0.05, 0) is 37.8 Å². The lowest BCUT2D eigenvalue weighted by Crippen LogP contribution is -2.34. The van der Waals surface area contributed by atoms with Gasteiger partial charge in [-0.2, -0.15) is 5.10 Å². The third-order valence-electron chi connectivity index (χ3n) is 4.43. The van der Waals surface area contributed by atoms with Crippen molar-refractivity contribution in [1.82, 2.24) is 20.5 Å². The summed E-state index contributed by atoms with van der Waals surface area (Å²) in [6.45, 7) is 4.08. The molecule has 0 bridgehead atoms. The van der Waals surface area contributed by atoms with E-state index in [1.54, 1.807) is 0 Å². The summed E-state index contributed by atoms with van der Waals surface area (Å²) in [5.41, 5.74) is 9.46. The van der Waals surface area contributed by atoms with Crippen LogP contribution in [0.3, 0.4) is 0 Å². The molecule has 7 heteroatoms. The van der Waals surface area contributed by atoms with Crippen molar-refractivity contribution in [2.24, 2.45) is 0 Å². The van der Waals surface area contributed by atoms with Gasteiger partial charge in [0.05, 0.1) is 5.39 Å². The van der Waals surface area contributed by atoms with Crippen LogP contribution in [0.1, 0.15) is 30.4 Å². The molecule has 0 spiro atoms. The Morgan fingerprint density at radius 1 is 1.10 bits per heavy atom. The Kier molecular flexibility index (Phi) is 3.91. The molecule has 2 aromatic heterocycles. The number of hydrogen-bond acceptors (Lipinski definition) is 5. The molecule has 0 atom stereocenters. The molecule has 0 amide bonds. The first-order chi connectivity index (χ1) is 9.84. The number of nitrogens with one attached hydrogen (secondary N) is 2. The van der Waals surface area contributed by atoms with E-state index in [1.807, 2.05) is 0 Å². The van der Waals surface area contributed by atoms with Crippen LogP contribution in [0.5, 0.6) is 0 Å². The molecule has 0 saturated carbocycles. The first kappa shape index (κ1) is 14.4. The molecule has 2 aliphatic heterocycles. The zero-order valence-electron chi connectivity index (χ0n) is 12.0. The normalized spacial score (nSPS) is 18.4. The van der Waals surface area contributed by atoms with Gasteiger partial charge in [-0.15, -0.1) is 12.4 Å². The van der Waals surface area contributed by atoms with E-state index in [-0.39, 0.29) is 12.4 Å². The first-order valence-corrected chi connectivity index (χ1v) is 7.45. The topological polar surface area (TPSA) is 82.9 Å². The van der Waals surface area contributed by atoms with Crippen LogP contribution in [-0.4, -0.2) is 34.8 Å². The molecular weight excluding hydrogens is 288 g/mol. The summed E-state index contributed by atoms with van der Waals surface area (Å²) in [7, 11) is 0. The highest BCUT2D eigenvalue weighted by Crippen LogP contribution is 2.33. The second-order valence-corrected chi connectivity index (χ2v) is 5.70.